The molecule has 1 aliphatic carbocycles. The Morgan fingerprint density at radius 2 is 2.05 bits per heavy atom. The molecule has 2 rings (SSSR count). The molecule has 1 N–H and O–H groups in total. The van der Waals surface area contributed by atoms with Crippen LogP contribution < -0.4 is 5.32 Å². The predicted octanol–water partition coefficient (Wildman–Crippen LogP) is 2.47. The highest BCUT2D eigenvalue weighted by Gasteiger charge is 2.31. The van der Waals surface area contributed by atoms with Gasteiger partial charge in [0.2, 0.25) is 10.0 Å². The van der Waals surface area contributed by atoms with Crippen LogP contribution in [0.15, 0.2) is 23.2 Å². The number of rotatable bonds is 5. The first kappa shape index (κ1) is 15.3. The number of hydrogen-bond donors (Lipinski definition) is 1. The second-order valence-corrected chi connectivity index (χ2v) is 7.02. The molecule has 0 unspecified atom stereocenters. The van der Waals surface area contributed by atoms with E-state index in [1.807, 2.05) is 6.92 Å². The summed E-state index contributed by atoms with van der Waals surface area (Å²) in [7, 11) is -1.70. The summed E-state index contributed by atoms with van der Waals surface area (Å²) >= 11 is 0. The molecule has 0 aromatic carbocycles. The molecule has 0 radical (unpaired) electrons. The van der Waals surface area contributed by atoms with Gasteiger partial charge in [0.1, 0.15) is 5.82 Å². The largest absolute Gasteiger partial charge is 0.373 e. The van der Waals surface area contributed by atoms with Gasteiger partial charge in [-0.1, -0.05) is 26.2 Å². The molecule has 1 aromatic rings. The van der Waals surface area contributed by atoms with Crippen molar-refractivity contribution in [1.29, 1.82) is 0 Å². The van der Waals surface area contributed by atoms with Crippen molar-refractivity contribution < 1.29 is 8.42 Å². The number of pyridine rings is 1. The van der Waals surface area contributed by atoms with Gasteiger partial charge in [0.05, 0.1) is 4.90 Å². The molecular formula is C14H23N3O2S. The van der Waals surface area contributed by atoms with Crippen molar-refractivity contribution in [2.75, 3.05) is 18.9 Å². The number of nitrogens with one attached hydrogen (secondary N) is 1. The van der Waals surface area contributed by atoms with Gasteiger partial charge in [0, 0.05) is 31.9 Å². The van der Waals surface area contributed by atoms with Crippen LogP contribution in [0.2, 0.25) is 0 Å². The van der Waals surface area contributed by atoms with Gasteiger partial charge in [0.15, 0.2) is 0 Å². The highest BCUT2D eigenvalue weighted by atomic mass is 32.2. The Bertz CT molecular complexity index is 539. The van der Waals surface area contributed by atoms with E-state index in [-0.39, 0.29) is 6.04 Å². The van der Waals surface area contributed by atoms with E-state index < -0.39 is 10.0 Å². The van der Waals surface area contributed by atoms with E-state index in [0.29, 0.717) is 17.3 Å². The monoisotopic (exact) mass is 297 g/mol. The number of aromatic nitrogens is 1. The summed E-state index contributed by atoms with van der Waals surface area (Å²) in [5.74, 6) is 0.575. The van der Waals surface area contributed by atoms with E-state index in [1.165, 1.54) is 12.6 Å². The molecule has 1 aliphatic rings. The molecular weight excluding hydrogens is 274 g/mol. The maximum atomic E-state index is 12.8. The highest BCUT2D eigenvalue weighted by molar-refractivity contribution is 7.89. The molecule has 0 bridgehead atoms. The summed E-state index contributed by atoms with van der Waals surface area (Å²) in [4.78, 5) is 4.40. The second kappa shape index (κ2) is 6.54. The van der Waals surface area contributed by atoms with Crippen LogP contribution >= 0.6 is 0 Å². The van der Waals surface area contributed by atoms with Crippen LogP contribution in [0.4, 0.5) is 5.82 Å². The number of hydrogen-bond acceptors (Lipinski definition) is 4. The zero-order valence-electron chi connectivity index (χ0n) is 12.2. The molecule has 6 heteroatoms. The van der Waals surface area contributed by atoms with Crippen LogP contribution in [0.5, 0.6) is 0 Å². The lowest BCUT2D eigenvalue weighted by Crippen LogP contribution is -2.41. The Labute approximate surface area is 121 Å². The first-order chi connectivity index (χ1) is 9.59. The van der Waals surface area contributed by atoms with Gasteiger partial charge < -0.3 is 5.32 Å². The number of nitrogens with zero attached hydrogens (tertiary/aromatic N) is 2. The van der Waals surface area contributed by atoms with Crippen molar-refractivity contribution in [1.82, 2.24) is 9.29 Å². The van der Waals surface area contributed by atoms with Crippen LogP contribution in [0, 0.1) is 0 Å². The quantitative estimate of drug-likeness (QED) is 0.907. The van der Waals surface area contributed by atoms with E-state index in [0.717, 1.165) is 25.7 Å². The summed E-state index contributed by atoms with van der Waals surface area (Å²) in [6.07, 6.45) is 6.93. The third-order valence-corrected chi connectivity index (χ3v) is 5.91. The van der Waals surface area contributed by atoms with Crippen molar-refractivity contribution in [3.8, 4) is 0 Å². The fraction of sp³-hybridized carbons (Fsp3) is 0.643. The van der Waals surface area contributed by atoms with Gasteiger partial charge in [-0.3, -0.25) is 0 Å². The van der Waals surface area contributed by atoms with Gasteiger partial charge in [-0.2, -0.15) is 4.31 Å². The fourth-order valence-electron chi connectivity index (χ4n) is 2.84. The maximum Gasteiger partial charge on any atom is 0.243 e. The Balaban J connectivity index is 2.30. The third-order valence-electron chi connectivity index (χ3n) is 3.89. The normalized spacial score (nSPS) is 17.4. The maximum absolute atomic E-state index is 12.8. The number of sulfonamides is 1. The predicted molar refractivity (Wildman–Crippen MR) is 80.2 cm³/mol. The topological polar surface area (TPSA) is 62.3 Å². The SMILES string of the molecule is CCN(C1CCCCC1)S(=O)(=O)c1ccnc(NC)c1. The average Bonchev–Trinajstić information content (AvgIpc) is 2.49. The second-order valence-electron chi connectivity index (χ2n) is 5.13. The minimum Gasteiger partial charge on any atom is -0.373 e. The molecule has 0 atom stereocenters. The first-order valence-electron chi connectivity index (χ1n) is 7.25. The molecule has 0 spiro atoms. The minimum absolute atomic E-state index is 0.143. The molecule has 1 aromatic heterocycles. The summed E-state index contributed by atoms with van der Waals surface area (Å²) < 4.78 is 27.3. The lowest BCUT2D eigenvalue weighted by Gasteiger charge is -2.32. The van der Waals surface area contributed by atoms with E-state index in [9.17, 15) is 8.42 Å². The molecule has 5 nitrogen and oxygen atoms in total. The Kier molecular flexibility index (Phi) is 4.99. The summed E-state index contributed by atoms with van der Waals surface area (Å²) in [5.41, 5.74) is 0. The van der Waals surface area contributed by atoms with E-state index in [1.54, 1.807) is 23.5 Å². The first-order valence-corrected chi connectivity index (χ1v) is 8.69. The van der Waals surface area contributed by atoms with Crippen LogP contribution in [0.3, 0.4) is 0 Å². The van der Waals surface area contributed by atoms with Crippen molar-refractivity contribution in [3.63, 3.8) is 0 Å². The zero-order chi connectivity index (χ0) is 14.6. The van der Waals surface area contributed by atoms with Crippen molar-refractivity contribution in [3.05, 3.63) is 18.3 Å². The Morgan fingerprint density at radius 1 is 1.35 bits per heavy atom. The van der Waals surface area contributed by atoms with Gasteiger partial charge in [0.25, 0.3) is 0 Å². The Hall–Kier alpha value is -1.14. The minimum atomic E-state index is -3.43. The summed E-state index contributed by atoms with van der Waals surface area (Å²) in [6, 6.07) is 3.31. The lowest BCUT2D eigenvalue weighted by atomic mass is 9.95. The molecule has 112 valence electrons. The smallest absolute Gasteiger partial charge is 0.243 e. The summed E-state index contributed by atoms with van der Waals surface area (Å²) in [6.45, 7) is 2.43. The fourth-order valence-corrected chi connectivity index (χ4v) is 4.54. The summed E-state index contributed by atoms with van der Waals surface area (Å²) in [5, 5.41) is 2.88. The van der Waals surface area contributed by atoms with Crippen LogP contribution in [0.1, 0.15) is 39.0 Å². The van der Waals surface area contributed by atoms with E-state index >= 15 is 0 Å². The lowest BCUT2D eigenvalue weighted by molar-refractivity contribution is 0.261. The standard InChI is InChI=1S/C14H23N3O2S/c1-3-17(12-7-5-4-6-8-12)20(18,19)13-9-10-16-14(11-13)15-2/h9-12H,3-8H2,1-2H3,(H,15,16). The molecule has 1 heterocycles. The van der Waals surface area contributed by atoms with Gasteiger partial charge in [-0.05, 0) is 18.9 Å². The van der Waals surface area contributed by atoms with Crippen molar-refractivity contribution in [2.45, 2.75) is 50.0 Å². The van der Waals surface area contributed by atoms with Crippen LogP contribution in [-0.2, 0) is 10.0 Å². The average molecular weight is 297 g/mol. The van der Waals surface area contributed by atoms with Gasteiger partial charge >= 0.3 is 0 Å². The molecule has 0 aliphatic heterocycles. The van der Waals surface area contributed by atoms with Crippen molar-refractivity contribution in [2.24, 2.45) is 0 Å². The highest BCUT2D eigenvalue weighted by Crippen LogP contribution is 2.27. The molecule has 0 saturated heterocycles. The van der Waals surface area contributed by atoms with Gasteiger partial charge in [-0.25, -0.2) is 13.4 Å². The van der Waals surface area contributed by atoms with E-state index in [2.05, 4.69) is 10.3 Å². The number of anilines is 1. The van der Waals surface area contributed by atoms with E-state index in [4.69, 9.17) is 0 Å². The van der Waals surface area contributed by atoms with Crippen molar-refractivity contribution >= 4 is 15.8 Å². The molecule has 1 fully saturated rings. The third kappa shape index (κ3) is 3.12. The molecule has 1 saturated carbocycles. The molecule has 20 heavy (non-hydrogen) atoms. The molecule has 0 amide bonds. The van der Waals surface area contributed by atoms with Crippen LogP contribution in [-0.4, -0.2) is 37.3 Å². The zero-order valence-corrected chi connectivity index (χ0v) is 13.0. The van der Waals surface area contributed by atoms with Gasteiger partial charge in [-0.15, -0.1) is 0 Å². The Morgan fingerprint density at radius 3 is 2.65 bits per heavy atom. The van der Waals surface area contributed by atoms with Crippen LogP contribution in [0.25, 0.3) is 0 Å².